The van der Waals surface area contributed by atoms with Crippen LogP contribution in [-0.2, 0) is 37.0 Å². The fourth-order valence-electron chi connectivity index (χ4n) is 2.82. The summed E-state index contributed by atoms with van der Waals surface area (Å²) in [7, 11) is -4.85. The summed E-state index contributed by atoms with van der Waals surface area (Å²) in [6.07, 6.45) is 3.67. The third-order valence-corrected chi connectivity index (χ3v) is 13.2. The van der Waals surface area contributed by atoms with Gasteiger partial charge >= 0.3 is 20.2 Å². The van der Waals surface area contributed by atoms with Crippen LogP contribution in [0, 0.1) is 0 Å². The van der Waals surface area contributed by atoms with E-state index in [4.69, 9.17) is 32.2 Å². The van der Waals surface area contributed by atoms with E-state index in [2.05, 4.69) is 0 Å². The molecule has 10 heteroatoms. The van der Waals surface area contributed by atoms with E-state index in [0.29, 0.717) is 63.4 Å². The average Bonchev–Trinajstić information content (AvgIpc) is 2.73. The zero-order chi connectivity index (χ0) is 23.5. The smallest absolute Gasteiger partial charge is 0.477 e. The van der Waals surface area contributed by atoms with Gasteiger partial charge in [-0.3, -0.25) is 0 Å². The largest absolute Gasteiger partial charge is 0.496 e. The maximum atomic E-state index is 11.7. The highest BCUT2D eigenvalue weighted by atomic mass is 29.3. The maximum Gasteiger partial charge on any atom is 0.477 e. The molecule has 0 aromatic rings. The third-order valence-electron chi connectivity index (χ3n) is 3.79. The van der Waals surface area contributed by atoms with Crippen LogP contribution in [0.15, 0.2) is 23.5 Å². The van der Waals surface area contributed by atoms with E-state index >= 15 is 0 Å². The number of esters is 1. The van der Waals surface area contributed by atoms with Gasteiger partial charge in [-0.1, -0.05) is 6.08 Å². The Kier molecular flexibility index (Phi) is 17.5. The van der Waals surface area contributed by atoms with Crippen molar-refractivity contribution >= 4 is 22.6 Å². The molecule has 0 spiro atoms. The molecule has 0 unspecified atom stereocenters. The molecule has 0 aliphatic rings. The van der Waals surface area contributed by atoms with Crippen molar-refractivity contribution < 1.29 is 37.0 Å². The van der Waals surface area contributed by atoms with Gasteiger partial charge in [0.05, 0.1) is 26.4 Å². The van der Waals surface area contributed by atoms with Gasteiger partial charge in [-0.2, -0.15) is 0 Å². The summed E-state index contributed by atoms with van der Waals surface area (Å²) in [5.41, 5.74) is 0. The average molecular weight is 478 g/mol. The Labute approximate surface area is 190 Å². The van der Waals surface area contributed by atoms with Crippen molar-refractivity contribution in [1.29, 1.82) is 0 Å². The second kappa shape index (κ2) is 18.3. The van der Waals surface area contributed by atoms with Crippen LogP contribution >= 0.6 is 0 Å². The van der Waals surface area contributed by atoms with Gasteiger partial charge in [0.2, 0.25) is 8.31 Å². The van der Waals surface area contributed by atoms with Crippen LogP contribution in [0.3, 0.4) is 0 Å². The van der Waals surface area contributed by atoms with Gasteiger partial charge in [-0.15, -0.1) is 0 Å². The zero-order valence-corrected chi connectivity index (χ0v) is 22.3. The van der Waals surface area contributed by atoms with E-state index in [-0.39, 0.29) is 12.6 Å². The number of rotatable bonds is 19. The SMILES string of the molecule is CC=CC(=O)OCCC[Si](C(OCC)=C(OCC)OCC)[Si](OCC)(OCC)OCC. The molecule has 0 fully saturated rings. The Morgan fingerprint density at radius 1 is 0.774 bits per heavy atom. The molecule has 0 aromatic carbocycles. The zero-order valence-electron chi connectivity index (χ0n) is 20.3. The summed E-state index contributed by atoms with van der Waals surface area (Å²) < 4.78 is 41.6. The Morgan fingerprint density at radius 3 is 1.71 bits per heavy atom. The third kappa shape index (κ3) is 10.7. The minimum absolute atomic E-state index is 0.282. The fraction of sp³-hybridized carbons (Fsp3) is 0.762. The van der Waals surface area contributed by atoms with Crippen molar-refractivity contribution in [3.63, 3.8) is 0 Å². The van der Waals surface area contributed by atoms with Crippen LogP contribution in [0.4, 0.5) is 0 Å². The summed E-state index contributed by atoms with van der Waals surface area (Å²) in [6.45, 7) is 16.2. The lowest BCUT2D eigenvalue weighted by Gasteiger charge is -2.35. The molecule has 8 nitrogen and oxygen atoms in total. The highest BCUT2D eigenvalue weighted by Crippen LogP contribution is 2.28. The molecule has 0 rings (SSSR count). The second-order valence-corrected chi connectivity index (χ2v) is 13.6. The van der Waals surface area contributed by atoms with Gasteiger partial charge in [-0.25, -0.2) is 4.79 Å². The molecule has 181 valence electrons. The van der Waals surface area contributed by atoms with Crippen LogP contribution in [0.2, 0.25) is 6.04 Å². The molecule has 0 aliphatic heterocycles. The highest BCUT2D eigenvalue weighted by molar-refractivity contribution is 7.27. The van der Waals surface area contributed by atoms with Crippen molar-refractivity contribution in [2.24, 2.45) is 0 Å². The van der Waals surface area contributed by atoms with Gasteiger partial charge in [0.25, 0.3) is 0 Å². The molecular formula is C21H41O8Si2. The van der Waals surface area contributed by atoms with Crippen molar-refractivity contribution in [2.45, 2.75) is 60.9 Å². The number of ether oxygens (including phenoxy) is 4. The van der Waals surface area contributed by atoms with E-state index in [1.165, 1.54) is 6.08 Å². The first-order chi connectivity index (χ1) is 15.0. The van der Waals surface area contributed by atoms with Crippen molar-refractivity contribution in [3.05, 3.63) is 23.5 Å². The molecule has 31 heavy (non-hydrogen) atoms. The summed E-state index contributed by atoms with van der Waals surface area (Å²) in [6, 6.07) is 0.652. The lowest BCUT2D eigenvalue weighted by atomic mass is 10.5. The van der Waals surface area contributed by atoms with Crippen LogP contribution in [0.5, 0.6) is 0 Å². The molecule has 0 bridgehead atoms. The molecular weight excluding hydrogens is 436 g/mol. The van der Waals surface area contributed by atoms with Crippen LogP contribution < -0.4 is 0 Å². The molecule has 0 saturated heterocycles. The van der Waals surface area contributed by atoms with E-state index in [9.17, 15) is 4.79 Å². The Hall–Kier alpha value is -1.34. The first-order valence-electron chi connectivity index (χ1n) is 11.2. The number of hydrogen-bond acceptors (Lipinski definition) is 8. The predicted molar refractivity (Wildman–Crippen MR) is 123 cm³/mol. The van der Waals surface area contributed by atoms with Crippen LogP contribution in [0.25, 0.3) is 0 Å². The van der Waals surface area contributed by atoms with Crippen molar-refractivity contribution in [1.82, 2.24) is 0 Å². The van der Waals surface area contributed by atoms with E-state index in [1.54, 1.807) is 13.0 Å². The van der Waals surface area contributed by atoms with Crippen LogP contribution in [0.1, 0.15) is 54.9 Å². The van der Waals surface area contributed by atoms with Gasteiger partial charge in [-0.05, 0) is 60.9 Å². The lowest BCUT2D eigenvalue weighted by molar-refractivity contribution is -0.137. The second-order valence-electron chi connectivity index (χ2n) is 6.02. The number of hydrogen-bond donors (Lipinski definition) is 0. The molecule has 0 aromatic heterocycles. The first kappa shape index (κ1) is 29.7. The lowest BCUT2D eigenvalue weighted by Crippen LogP contribution is -2.61. The Morgan fingerprint density at radius 2 is 1.29 bits per heavy atom. The summed E-state index contributed by atoms with van der Waals surface area (Å²) in [5.74, 6) is 0.00624. The molecule has 0 amide bonds. The monoisotopic (exact) mass is 477 g/mol. The molecule has 0 saturated carbocycles. The van der Waals surface area contributed by atoms with Crippen molar-refractivity contribution in [3.8, 4) is 0 Å². The first-order valence-corrected chi connectivity index (χ1v) is 15.6. The topological polar surface area (TPSA) is 81.7 Å². The number of carbonyl (C=O) groups is 1. The standard InChI is InChI=1S/C21H41O8Si2/c1-8-16-19(22)26-17-15-18-30(31(27-12-5,28-13-6)29-14-7)21(25-11-4)20(23-9-2)24-10-3/h8,16H,9-15,17-18H2,1-7H3. The molecule has 1 radical (unpaired) electrons. The van der Waals surface area contributed by atoms with Gasteiger partial charge < -0.3 is 32.2 Å². The molecule has 0 N–H and O–H groups in total. The van der Waals surface area contributed by atoms with Gasteiger partial charge in [0.1, 0.15) is 0 Å². The predicted octanol–water partition coefficient (Wildman–Crippen LogP) is 3.94. The minimum atomic E-state index is -3.13. The van der Waals surface area contributed by atoms with E-state index in [0.717, 1.165) is 0 Å². The van der Waals surface area contributed by atoms with Crippen molar-refractivity contribution in [2.75, 3.05) is 46.2 Å². The fourth-order valence-corrected chi connectivity index (χ4v) is 12.4. The normalized spacial score (nSPS) is 11.6. The summed E-state index contributed by atoms with van der Waals surface area (Å²) in [5, 5.41) is 0.623. The minimum Gasteiger partial charge on any atom is -0.496 e. The summed E-state index contributed by atoms with van der Waals surface area (Å²) in [4.78, 5) is 11.7. The maximum absolute atomic E-state index is 11.7. The van der Waals surface area contributed by atoms with Gasteiger partial charge in [0.15, 0.2) is 5.38 Å². The Balaban J connectivity index is 6.13. The summed E-state index contributed by atoms with van der Waals surface area (Å²) >= 11 is 0. The van der Waals surface area contributed by atoms with Gasteiger partial charge in [0, 0.05) is 25.9 Å². The molecule has 0 aliphatic carbocycles. The highest BCUT2D eigenvalue weighted by Gasteiger charge is 2.55. The van der Waals surface area contributed by atoms with Crippen LogP contribution in [-0.4, -0.2) is 68.9 Å². The number of allylic oxidation sites excluding steroid dienone is 1. The molecule has 0 atom stereocenters. The molecule has 0 heterocycles. The van der Waals surface area contributed by atoms with E-state index in [1.807, 2.05) is 41.5 Å². The van der Waals surface area contributed by atoms with E-state index < -0.39 is 16.6 Å². The number of carbonyl (C=O) groups excluding carboxylic acids is 1. The Bertz CT molecular complexity index is 514. The quantitative estimate of drug-likeness (QED) is 0.0910.